The minimum atomic E-state index is 0.643. The van der Waals surface area contributed by atoms with E-state index in [1.807, 2.05) is 13.8 Å². The van der Waals surface area contributed by atoms with Crippen molar-refractivity contribution in [3.8, 4) is 0 Å². The fourth-order valence-electron chi connectivity index (χ4n) is 1.22. The number of nitrogens with two attached hydrogens (primary N) is 1. The van der Waals surface area contributed by atoms with Crippen LogP contribution in [0.1, 0.15) is 11.1 Å². The van der Waals surface area contributed by atoms with Gasteiger partial charge in [0, 0.05) is 11.1 Å². The third kappa shape index (κ3) is 1.03. The summed E-state index contributed by atoms with van der Waals surface area (Å²) in [6, 6.07) is 0. The maximum atomic E-state index is 5.31. The fourth-order valence-corrected chi connectivity index (χ4v) is 1.22. The number of hydrogen-bond donors (Lipinski definition) is 2. The molecule has 0 aliphatic heterocycles. The minimum Gasteiger partial charge on any atom is -0.307 e. The van der Waals surface area contributed by atoms with Crippen LogP contribution in [0.3, 0.4) is 0 Å². The SMILES string of the molecule is Cc1c(NN)nn2cnnc2c1C. The second kappa shape index (κ2) is 2.67. The van der Waals surface area contributed by atoms with E-state index in [0.717, 1.165) is 16.8 Å². The van der Waals surface area contributed by atoms with Crippen molar-refractivity contribution in [2.45, 2.75) is 13.8 Å². The van der Waals surface area contributed by atoms with Crippen molar-refractivity contribution < 1.29 is 0 Å². The van der Waals surface area contributed by atoms with Crippen molar-refractivity contribution in [3.05, 3.63) is 17.5 Å². The smallest absolute Gasteiger partial charge is 0.180 e. The summed E-state index contributed by atoms with van der Waals surface area (Å²) in [7, 11) is 0. The molecule has 0 atom stereocenters. The lowest BCUT2D eigenvalue weighted by molar-refractivity contribution is 0.909. The summed E-state index contributed by atoms with van der Waals surface area (Å²) >= 11 is 0. The van der Waals surface area contributed by atoms with Gasteiger partial charge in [-0.3, -0.25) is 0 Å². The number of hydrogen-bond acceptors (Lipinski definition) is 5. The number of rotatable bonds is 1. The molecule has 68 valence electrons. The molecule has 0 saturated heterocycles. The highest BCUT2D eigenvalue weighted by Crippen LogP contribution is 2.17. The van der Waals surface area contributed by atoms with Gasteiger partial charge in [0.2, 0.25) is 0 Å². The fraction of sp³-hybridized carbons (Fsp3) is 0.286. The molecule has 2 aromatic rings. The summed E-state index contributed by atoms with van der Waals surface area (Å²) in [5, 5.41) is 11.9. The lowest BCUT2D eigenvalue weighted by atomic mass is 10.2. The van der Waals surface area contributed by atoms with Crippen LogP contribution in [0.5, 0.6) is 0 Å². The molecule has 6 heteroatoms. The van der Waals surface area contributed by atoms with Gasteiger partial charge in [-0.05, 0) is 13.8 Å². The largest absolute Gasteiger partial charge is 0.307 e. The highest BCUT2D eigenvalue weighted by molar-refractivity contribution is 5.56. The number of aromatic nitrogens is 4. The Morgan fingerprint density at radius 2 is 2.15 bits per heavy atom. The predicted molar refractivity (Wildman–Crippen MR) is 48.1 cm³/mol. The summed E-state index contributed by atoms with van der Waals surface area (Å²) in [6.07, 6.45) is 1.54. The van der Waals surface area contributed by atoms with Crippen LogP contribution in [0.4, 0.5) is 5.82 Å². The maximum absolute atomic E-state index is 5.31. The molecule has 0 amide bonds. The first kappa shape index (κ1) is 7.93. The summed E-state index contributed by atoms with van der Waals surface area (Å²) in [5.41, 5.74) is 5.31. The molecule has 0 unspecified atom stereocenters. The zero-order valence-electron chi connectivity index (χ0n) is 7.44. The monoisotopic (exact) mass is 178 g/mol. The lowest BCUT2D eigenvalue weighted by Crippen LogP contribution is -2.13. The molecule has 13 heavy (non-hydrogen) atoms. The van der Waals surface area contributed by atoms with Gasteiger partial charge in [0.15, 0.2) is 11.5 Å². The Bertz CT molecular complexity index is 445. The van der Waals surface area contributed by atoms with E-state index in [4.69, 9.17) is 5.84 Å². The van der Waals surface area contributed by atoms with Crippen molar-refractivity contribution in [2.24, 2.45) is 5.84 Å². The molecule has 2 aromatic heterocycles. The molecule has 0 saturated carbocycles. The Morgan fingerprint density at radius 3 is 2.85 bits per heavy atom. The average molecular weight is 178 g/mol. The lowest BCUT2D eigenvalue weighted by Gasteiger charge is -2.06. The quantitative estimate of drug-likeness (QED) is 0.475. The van der Waals surface area contributed by atoms with E-state index < -0.39 is 0 Å². The van der Waals surface area contributed by atoms with Crippen LogP contribution in [0.15, 0.2) is 6.33 Å². The van der Waals surface area contributed by atoms with Gasteiger partial charge in [-0.1, -0.05) is 0 Å². The number of anilines is 1. The van der Waals surface area contributed by atoms with Gasteiger partial charge in [-0.15, -0.1) is 15.3 Å². The standard InChI is InChI=1S/C7H10N6/c1-4-5(2)7-11-9-3-13(7)12-6(4)10-8/h3H,8H2,1-2H3,(H,10,12). The molecule has 0 aliphatic carbocycles. The van der Waals surface area contributed by atoms with Crippen molar-refractivity contribution in [1.82, 2.24) is 19.8 Å². The van der Waals surface area contributed by atoms with Crippen LogP contribution < -0.4 is 11.3 Å². The summed E-state index contributed by atoms with van der Waals surface area (Å²) in [5.74, 6) is 5.96. The van der Waals surface area contributed by atoms with Crippen LogP contribution >= 0.6 is 0 Å². The Labute approximate surface area is 74.7 Å². The number of fused-ring (bicyclic) bond motifs is 1. The van der Waals surface area contributed by atoms with Crippen LogP contribution in [0.25, 0.3) is 5.65 Å². The molecule has 0 radical (unpaired) electrons. The van der Waals surface area contributed by atoms with Crippen LogP contribution in [-0.2, 0) is 0 Å². The van der Waals surface area contributed by atoms with Crippen molar-refractivity contribution in [3.63, 3.8) is 0 Å². The van der Waals surface area contributed by atoms with Crippen molar-refractivity contribution in [2.75, 3.05) is 5.43 Å². The molecular formula is C7H10N6. The van der Waals surface area contributed by atoms with E-state index in [1.54, 1.807) is 10.8 Å². The molecule has 6 nitrogen and oxygen atoms in total. The second-order valence-corrected chi connectivity index (χ2v) is 2.84. The first-order chi connectivity index (χ1) is 6.24. The van der Waals surface area contributed by atoms with Gasteiger partial charge in [0.05, 0.1) is 0 Å². The van der Waals surface area contributed by atoms with Crippen LogP contribution in [-0.4, -0.2) is 19.8 Å². The van der Waals surface area contributed by atoms with E-state index in [2.05, 4.69) is 20.7 Å². The first-order valence-corrected chi connectivity index (χ1v) is 3.88. The van der Waals surface area contributed by atoms with Crippen LogP contribution in [0.2, 0.25) is 0 Å². The molecule has 2 heterocycles. The maximum Gasteiger partial charge on any atom is 0.180 e. The van der Waals surface area contributed by atoms with Gasteiger partial charge >= 0.3 is 0 Å². The molecule has 0 bridgehead atoms. The number of nitrogen functional groups attached to an aromatic ring is 1. The number of aryl methyl sites for hydroxylation is 1. The zero-order valence-corrected chi connectivity index (χ0v) is 7.44. The Morgan fingerprint density at radius 1 is 1.38 bits per heavy atom. The van der Waals surface area contributed by atoms with Gasteiger partial charge in [0.1, 0.15) is 6.33 Å². The molecular weight excluding hydrogens is 168 g/mol. The van der Waals surface area contributed by atoms with Gasteiger partial charge in [-0.25, -0.2) is 5.84 Å². The van der Waals surface area contributed by atoms with Gasteiger partial charge in [0.25, 0.3) is 0 Å². The van der Waals surface area contributed by atoms with Gasteiger partial charge in [-0.2, -0.15) is 4.52 Å². The Kier molecular flexibility index (Phi) is 1.63. The van der Waals surface area contributed by atoms with Crippen LogP contribution in [0, 0.1) is 13.8 Å². The van der Waals surface area contributed by atoms with Gasteiger partial charge < -0.3 is 5.43 Å². The minimum absolute atomic E-state index is 0.643. The molecule has 0 fully saturated rings. The normalized spacial score (nSPS) is 10.7. The molecule has 0 spiro atoms. The zero-order chi connectivity index (χ0) is 9.42. The highest BCUT2D eigenvalue weighted by atomic mass is 15.4. The second-order valence-electron chi connectivity index (χ2n) is 2.84. The third-order valence-corrected chi connectivity index (χ3v) is 2.13. The van der Waals surface area contributed by atoms with E-state index in [9.17, 15) is 0 Å². The summed E-state index contributed by atoms with van der Waals surface area (Å²) < 4.78 is 1.59. The molecule has 0 aliphatic rings. The number of hydrazine groups is 1. The summed E-state index contributed by atoms with van der Waals surface area (Å²) in [6.45, 7) is 3.90. The number of nitrogens with zero attached hydrogens (tertiary/aromatic N) is 4. The van der Waals surface area contributed by atoms with E-state index in [-0.39, 0.29) is 0 Å². The summed E-state index contributed by atoms with van der Waals surface area (Å²) in [4.78, 5) is 0. The Hall–Kier alpha value is -1.69. The topological polar surface area (TPSA) is 81.1 Å². The predicted octanol–water partition coefficient (Wildman–Crippen LogP) is 0.0267. The van der Waals surface area contributed by atoms with E-state index in [1.165, 1.54) is 0 Å². The van der Waals surface area contributed by atoms with E-state index >= 15 is 0 Å². The van der Waals surface area contributed by atoms with Crippen molar-refractivity contribution >= 4 is 11.5 Å². The highest BCUT2D eigenvalue weighted by Gasteiger charge is 2.08. The van der Waals surface area contributed by atoms with Crippen molar-refractivity contribution in [1.29, 1.82) is 0 Å². The molecule has 2 rings (SSSR count). The third-order valence-electron chi connectivity index (χ3n) is 2.13. The molecule has 0 aromatic carbocycles. The van der Waals surface area contributed by atoms with E-state index in [0.29, 0.717) is 5.82 Å². The molecule has 3 N–H and O–H groups in total. The first-order valence-electron chi connectivity index (χ1n) is 3.88. The Balaban J connectivity index is 2.83. The number of nitrogens with one attached hydrogen (secondary N) is 1. The average Bonchev–Trinajstić information content (AvgIpc) is 2.59.